The highest BCUT2D eigenvalue weighted by atomic mass is 16.5. The number of ether oxygens (including phenoxy) is 1. The van der Waals surface area contributed by atoms with Gasteiger partial charge in [0.1, 0.15) is 5.82 Å². The molecule has 2 rings (SSSR count). The first-order valence-electron chi connectivity index (χ1n) is 5.90. The van der Waals surface area contributed by atoms with Crippen molar-refractivity contribution in [3.63, 3.8) is 0 Å². The van der Waals surface area contributed by atoms with Gasteiger partial charge in [-0.3, -0.25) is 0 Å². The summed E-state index contributed by atoms with van der Waals surface area (Å²) in [5.74, 6) is 1.11. The normalized spacial score (nSPS) is 20.4. The van der Waals surface area contributed by atoms with Crippen molar-refractivity contribution in [2.24, 2.45) is 7.05 Å². The molecule has 4 nitrogen and oxygen atoms in total. The predicted molar refractivity (Wildman–Crippen MR) is 63.4 cm³/mol. The van der Waals surface area contributed by atoms with Crippen molar-refractivity contribution in [3.8, 4) is 0 Å². The molecule has 0 radical (unpaired) electrons. The highest BCUT2D eigenvalue weighted by molar-refractivity contribution is 5.05. The van der Waals surface area contributed by atoms with Crippen molar-refractivity contribution in [2.45, 2.75) is 37.3 Å². The number of aromatic nitrogens is 2. The van der Waals surface area contributed by atoms with E-state index in [-0.39, 0.29) is 5.60 Å². The van der Waals surface area contributed by atoms with Crippen molar-refractivity contribution in [2.75, 3.05) is 14.2 Å². The number of likely N-dealkylation sites (N-methyl/N-ethyl adjacent to an activating group) is 1. The zero-order valence-corrected chi connectivity index (χ0v) is 10.4. The SMILES string of the molecule is CNC(Cc1nccn1C)C1(OC)CCC1. The van der Waals surface area contributed by atoms with Crippen LogP contribution in [-0.4, -0.2) is 35.4 Å². The predicted octanol–water partition coefficient (Wildman–Crippen LogP) is 1.12. The van der Waals surface area contributed by atoms with E-state index in [9.17, 15) is 0 Å². The van der Waals surface area contributed by atoms with Crippen LogP contribution in [0.2, 0.25) is 0 Å². The largest absolute Gasteiger partial charge is 0.377 e. The molecule has 1 unspecified atom stereocenters. The molecule has 90 valence electrons. The number of aryl methyl sites for hydroxylation is 1. The van der Waals surface area contributed by atoms with Crippen molar-refractivity contribution in [1.82, 2.24) is 14.9 Å². The molecule has 4 heteroatoms. The molecule has 1 fully saturated rings. The fraction of sp³-hybridized carbons (Fsp3) is 0.750. The van der Waals surface area contributed by atoms with Crippen molar-refractivity contribution < 1.29 is 4.74 Å². The molecule has 1 aliphatic rings. The van der Waals surface area contributed by atoms with Crippen LogP contribution in [0.5, 0.6) is 0 Å². The van der Waals surface area contributed by atoms with E-state index in [1.807, 2.05) is 33.6 Å². The van der Waals surface area contributed by atoms with Gasteiger partial charge in [-0.2, -0.15) is 0 Å². The number of hydrogen-bond donors (Lipinski definition) is 1. The van der Waals surface area contributed by atoms with Gasteiger partial charge in [0.15, 0.2) is 0 Å². The molecule has 0 aromatic carbocycles. The first kappa shape index (κ1) is 11.6. The lowest BCUT2D eigenvalue weighted by Crippen LogP contribution is -2.56. The Balaban J connectivity index is 2.08. The molecule has 0 aliphatic heterocycles. The summed E-state index contributed by atoms with van der Waals surface area (Å²) < 4.78 is 7.79. The van der Waals surface area contributed by atoms with Crippen LogP contribution in [0.1, 0.15) is 25.1 Å². The topological polar surface area (TPSA) is 39.1 Å². The van der Waals surface area contributed by atoms with Gasteiger partial charge >= 0.3 is 0 Å². The maximum atomic E-state index is 5.72. The van der Waals surface area contributed by atoms with E-state index in [0.29, 0.717) is 6.04 Å². The second-order valence-electron chi connectivity index (χ2n) is 4.62. The number of methoxy groups -OCH3 is 1. The van der Waals surface area contributed by atoms with Gasteiger partial charge in [-0.25, -0.2) is 4.98 Å². The van der Waals surface area contributed by atoms with Crippen LogP contribution in [0.15, 0.2) is 12.4 Å². The van der Waals surface area contributed by atoms with Crippen LogP contribution in [0.3, 0.4) is 0 Å². The van der Waals surface area contributed by atoms with Crippen molar-refractivity contribution in [1.29, 1.82) is 0 Å². The van der Waals surface area contributed by atoms with E-state index in [4.69, 9.17) is 4.74 Å². The van der Waals surface area contributed by atoms with Gasteiger partial charge in [0.25, 0.3) is 0 Å². The van der Waals surface area contributed by atoms with E-state index >= 15 is 0 Å². The van der Waals surface area contributed by atoms with Crippen molar-refractivity contribution in [3.05, 3.63) is 18.2 Å². The van der Waals surface area contributed by atoms with E-state index < -0.39 is 0 Å². The molecule has 1 aromatic rings. The zero-order valence-electron chi connectivity index (χ0n) is 10.4. The third-order valence-corrected chi connectivity index (χ3v) is 3.90. The summed E-state index contributed by atoms with van der Waals surface area (Å²) in [6, 6.07) is 0.354. The van der Waals surface area contributed by atoms with Gasteiger partial charge in [0.05, 0.1) is 5.60 Å². The van der Waals surface area contributed by atoms with E-state index in [1.165, 1.54) is 6.42 Å². The Bertz CT molecular complexity index is 338. The maximum Gasteiger partial charge on any atom is 0.110 e. The third-order valence-electron chi connectivity index (χ3n) is 3.90. The first-order valence-corrected chi connectivity index (χ1v) is 5.90. The minimum absolute atomic E-state index is 0.0285. The van der Waals surface area contributed by atoms with Gasteiger partial charge in [-0.05, 0) is 26.3 Å². The lowest BCUT2D eigenvalue weighted by atomic mass is 9.73. The smallest absolute Gasteiger partial charge is 0.110 e. The Morgan fingerprint density at radius 3 is 2.75 bits per heavy atom. The summed E-state index contributed by atoms with van der Waals surface area (Å²) in [4.78, 5) is 4.38. The number of hydrogen-bond acceptors (Lipinski definition) is 3. The summed E-state index contributed by atoms with van der Waals surface area (Å²) in [5, 5.41) is 3.38. The Labute approximate surface area is 97.0 Å². The number of rotatable bonds is 5. The molecular weight excluding hydrogens is 202 g/mol. The Morgan fingerprint density at radius 1 is 1.62 bits per heavy atom. The van der Waals surface area contributed by atoms with Crippen LogP contribution < -0.4 is 5.32 Å². The van der Waals surface area contributed by atoms with Crippen molar-refractivity contribution >= 4 is 0 Å². The van der Waals surface area contributed by atoms with E-state index in [0.717, 1.165) is 25.1 Å². The summed E-state index contributed by atoms with van der Waals surface area (Å²) in [7, 11) is 5.87. The fourth-order valence-electron chi connectivity index (χ4n) is 2.55. The Kier molecular flexibility index (Phi) is 3.30. The van der Waals surface area contributed by atoms with Crippen LogP contribution in [-0.2, 0) is 18.2 Å². The lowest BCUT2D eigenvalue weighted by Gasteiger charge is -2.46. The van der Waals surface area contributed by atoms with E-state index in [1.54, 1.807) is 0 Å². The van der Waals surface area contributed by atoms with E-state index in [2.05, 4.69) is 14.9 Å². The highest BCUT2D eigenvalue weighted by Crippen LogP contribution is 2.38. The second-order valence-corrected chi connectivity index (χ2v) is 4.62. The average molecular weight is 223 g/mol. The summed E-state index contributed by atoms with van der Waals surface area (Å²) in [6.07, 6.45) is 8.34. The summed E-state index contributed by atoms with van der Waals surface area (Å²) in [5.41, 5.74) is 0.0285. The molecule has 1 atom stereocenters. The first-order chi connectivity index (χ1) is 7.72. The van der Waals surface area contributed by atoms with Gasteiger partial charge in [0.2, 0.25) is 0 Å². The maximum absolute atomic E-state index is 5.72. The fourth-order valence-corrected chi connectivity index (χ4v) is 2.55. The molecule has 0 spiro atoms. The molecule has 0 amide bonds. The monoisotopic (exact) mass is 223 g/mol. The van der Waals surface area contributed by atoms with Crippen LogP contribution >= 0.6 is 0 Å². The standard InChI is InChI=1S/C12H21N3O/c1-13-10(12(16-3)5-4-6-12)9-11-14-7-8-15(11)2/h7-8,10,13H,4-6,9H2,1-3H3. The molecule has 1 heterocycles. The Morgan fingerprint density at radius 2 is 2.38 bits per heavy atom. The van der Waals surface area contributed by atoms with Crippen LogP contribution in [0.25, 0.3) is 0 Å². The molecular formula is C12H21N3O. The third kappa shape index (κ3) is 1.87. The van der Waals surface area contributed by atoms with Crippen LogP contribution in [0.4, 0.5) is 0 Å². The second kappa shape index (κ2) is 4.55. The average Bonchev–Trinajstić information content (AvgIpc) is 2.62. The van der Waals surface area contributed by atoms with Crippen LogP contribution in [0, 0.1) is 0 Å². The zero-order chi connectivity index (χ0) is 11.6. The molecule has 1 saturated carbocycles. The van der Waals surface area contributed by atoms with Gasteiger partial charge < -0.3 is 14.6 Å². The highest BCUT2D eigenvalue weighted by Gasteiger charge is 2.44. The summed E-state index contributed by atoms with van der Waals surface area (Å²) in [6.45, 7) is 0. The summed E-state index contributed by atoms with van der Waals surface area (Å²) >= 11 is 0. The van der Waals surface area contributed by atoms with Gasteiger partial charge in [0, 0.05) is 39.0 Å². The van der Waals surface area contributed by atoms with Gasteiger partial charge in [-0.1, -0.05) is 0 Å². The molecule has 16 heavy (non-hydrogen) atoms. The lowest BCUT2D eigenvalue weighted by molar-refractivity contribution is -0.0971. The molecule has 0 bridgehead atoms. The molecule has 1 N–H and O–H groups in total. The number of imidazole rings is 1. The number of nitrogens with one attached hydrogen (secondary N) is 1. The quantitative estimate of drug-likeness (QED) is 0.813. The molecule has 1 aliphatic carbocycles. The minimum Gasteiger partial charge on any atom is -0.377 e. The molecule has 0 saturated heterocycles. The Hall–Kier alpha value is -0.870. The molecule has 1 aromatic heterocycles. The number of nitrogens with zero attached hydrogens (tertiary/aromatic N) is 2. The minimum atomic E-state index is 0.0285. The van der Waals surface area contributed by atoms with Gasteiger partial charge in [-0.15, -0.1) is 0 Å².